The van der Waals surface area contributed by atoms with Crippen LogP contribution in [0.3, 0.4) is 0 Å². The molecule has 0 bridgehead atoms. The number of nitrogens with zero attached hydrogens (tertiary/aromatic N) is 2. The number of aromatic nitrogens is 2. The molecule has 1 aliphatic rings. The van der Waals surface area contributed by atoms with Crippen molar-refractivity contribution in [3.05, 3.63) is 94.7 Å². The molecule has 3 N–H and O–H groups in total. The first kappa shape index (κ1) is 26.7. The van der Waals surface area contributed by atoms with E-state index < -0.39 is 27.9 Å². The molecule has 1 aliphatic heterocycles. The molecule has 200 valence electrons. The van der Waals surface area contributed by atoms with Crippen LogP contribution in [0.15, 0.2) is 84.0 Å². The van der Waals surface area contributed by atoms with Gasteiger partial charge in [0, 0.05) is 24.5 Å². The molecule has 2 amide bonds. The first-order chi connectivity index (χ1) is 18.7. The second-order valence-electron chi connectivity index (χ2n) is 8.84. The molecule has 1 atom stereocenters. The molecule has 39 heavy (non-hydrogen) atoms. The van der Waals surface area contributed by atoms with E-state index in [9.17, 15) is 18.0 Å². The van der Waals surface area contributed by atoms with Crippen molar-refractivity contribution in [3.8, 4) is 11.4 Å². The maximum absolute atomic E-state index is 13.8. The maximum atomic E-state index is 13.8. The number of anilines is 2. The normalized spacial score (nSPS) is 15.0. The van der Waals surface area contributed by atoms with Crippen LogP contribution >= 0.6 is 23.2 Å². The zero-order valence-electron chi connectivity index (χ0n) is 20.4. The summed E-state index contributed by atoms with van der Waals surface area (Å²) in [4.78, 5) is 33.1. The fraction of sp³-hybridized carbons (Fsp3) is 0.148. The number of H-pyrrole nitrogens is 1. The first-order valence-electron chi connectivity index (χ1n) is 12.0. The Labute approximate surface area is 235 Å². The highest BCUT2D eigenvalue weighted by Gasteiger charge is 2.42. The van der Waals surface area contributed by atoms with Crippen molar-refractivity contribution in [2.75, 3.05) is 16.2 Å². The van der Waals surface area contributed by atoms with E-state index in [0.29, 0.717) is 18.7 Å². The lowest BCUT2D eigenvalue weighted by molar-refractivity contribution is -0.125. The Morgan fingerprint density at radius 2 is 1.79 bits per heavy atom. The van der Waals surface area contributed by atoms with E-state index in [2.05, 4.69) is 20.6 Å². The van der Waals surface area contributed by atoms with E-state index in [0.717, 1.165) is 21.3 Å². The molecule has 0 saturated heterocycles. The lowest BCUT2D eigenvalue weighted by atomic mass is 10.1. The number of fused-ring (bicyclic) bond motifs is 1. The van der Waals surface area contributed by atoms with E-state index in [1.807, 2.05) is 24.3 Å². The average Bonchev–Trinajstić information content (AvgIpc) is 3.46. The fourth-order valence-electron chi connectivity index (χ4n) is 4.33. The Kier molecular flexibility index (Phi) is 7.60. The minimum absolute atomic E-state index is 0.0546. The van der Waals surface area contributed by atoms with Crippen LogP contribution in [-0.4, -0.2) is 42.8 Å². The Hall–Kier alpha value is -3.86. The van der Waals surface area contributed by atoms with Gasteiger partial charge >= 0.3 is 0 Å². The average molecular weight is 584 g/mol. The lowest BCUT2D eigenvalue weighted by Gasteiger charge is -2.36. The van der Waals surface area contributed by atoms with Gasteiger partial charge in [0.25, 0.3) is 10.0 Å². The van der Waals surface area contributed by atoms with Gasteiger partial charge in [-0.1, -0.05) is 59.6 Å². The second kappa shape index (κ2) is 11.1. The molecule has 12 heteroatoms. The molecule has 0 saturated carbocycles. The van der Waals surface area contributed by atoms with Gasteiger partial charge in [-0.05, 0) is 42.3 Å². The molecule has 2 heterocycles. The Balaban J connectivity index is 1.32. The van der Waals surface area contributed by atoms with E-state index in [4.69, 9.17) is 23.2 Å². The molecule has 0 radical (unpaired) electrons. The predicted octanol–water partition coefficient (Wildman–Crippen LogP) is 4.65. The number of para-hydroxylation sites is 2. The van der Waals surface area contributed by atoms with Crippen LogP contribution in [-0.2, 0) is 26.0 Å². The SMILES string of the molecule is O=C(CC1C(=O)Nc2ccccc2N1S(=O)(=O)c1ccc(Cl)c(Cl)c1)NCCc1ccc(-c2ncc[nH]2)cc1. The minimum Gasteiger partial charge on any atom is -0.356 e. The molecule has 0 aliphatic carbocycles. The highest BCUT2D eigenvalue weighted by atomic mass is 35.5. The van der Waals surface area contributed by atoms with Crippen molar-refractivity contribution in [3.63, 3.8) is 0 Å². The van der Waals surface area contributed by atoms with Gasteiger partial charge in [-0.2, -0.15) is 0 Å². The second-order valence-corrected chi connectivity index (χ2v) is 11.5. The third-order valence-electron chi connectivity index (χ3n) is 6.27. The monoisotopic (exact) mass is 583 g/mol. The molecular weight excluding hydrogens is 561 g/mol. The number of nitrogens with one attached hydrogen (secondary N) is 3. The van der Waals surface area contributed by atoms with E-state index in [-0.39, 0.29) is 27.0 Å². The Morgan fingerprint density at radius 3 is 2.51 bits per heavy atom. The van der Waals surface area contributed by atoms with Gasteiger partial charge in [-0.15, -0.1) is 0 Å². The summed E-state index contributed by atoms with van der Waals surface area (Å²) in [6.07, 6.45) is 3.61. The van der Waals surface area contributed by atoms with Gasteiger partial charge in [0.1, 0.15) is 11.9 Å². The van der Waals surface area contributed by atoms with Gasteiger partial charge < -0.3 is 15.6 Å². The number of benzene rings is 3. The topological polar surface area (TPSA) is 124 Å². The molecule has 1 aromatic heterocycles. The smallest absolute Gasteiger partial charge is 0.265 e. The minimum atomic E-state index is -4.29. The van der Waals surface area contributed by atoms with Crippen LogP contribution in [0.4, 0.5) is 11.4 Å². The third-order valence-corrected chi connectivity index (χ3v) is 8.83. The highest BCUT2D eigenvalue weighted by Crippen LogP contribution is 2.38. The zero-order chi connectivity index (χ0) is 27.6. The molecule has 9 nitrogen and oxygen atoms in total. The van der Waals surface area contributed by atoms with Crippen LogP contribution in [0.1, 0.15) is 12.0 Å². The van der Waals surface area contributed by atoms with Crippen LogP contribution in [0.2, 0.25) is 10.0 Å². The largest absolute Gasteiger partial charge is 0.356 e. The van der Waals surface area contributed by atoms with E-state index in [1.165, 1.54) is 18.2 Å². The molecule has 0 spiro atoms. The van der Waals surface area contributed by atoms with Gasteiger partial charge in [0.2, 0.25) is 11.8 Å². The molecule has 1 unspecified atom stereocenters. The van der Waals surface area contributed by atoms with Crippen molar-refractivity contribution in [2.45, 2.75) is 23.8 Å². The number of imidazole rings is 1. The summed E-state index contributed by atoms with van der Waals surface area (Å²) in [7, 11) is -4.29. The number of hydrogen-bond donors (Lipinski definition) is 3. The predicted molar refractivity (Wildman–Crippen MR) is 150 cm³/mol. The molecule has 0 fully saturated rings. The Morgan fingerprint density at radius 1 is 1.03 bits per heavy atom. The fourth-order valence-corrected chi connectivity index (χ4v) is 6.35. The van der Waals surface area contributed by atoms with Crippen LogP contribution < -0.4 is 14.9 Å². The van der Waals surface area contributed by atoms with E-state index in [1.54, 1.807) is 36.7 Å². The summed E-state index contributed by atoms with van der Waals surface area (Å²) in [6.45, 7) is 0.309. The summed E-state index contributed by atoms with van der Waals surface area (Å²) in [6, 6.07) is 16.9. The molecule has 5 rings (SSSR count). The van der Waals surface area contributed by atoms with E-state index >= 15 is 0 Å². The number of halogens is 2. The van der Waals surface area contributed by atoms with Crippen molar-refractivity contribution in [1.82, 2.24) is 15.3 Å². The Bertz CT molecular complexity index is 1630. The number of carbonyl (C=O) groups excluding carboxylic acids is 2. The standard InChI is InChI=1S/C27H23Cl2N5O4S/c28-20-10-9-19(15-21(20)29)39(37,38)34-23-4-2-1-3-22(23)33-27(36)24(34)16-25(35)30-12-11-17-5-7-18(8-6-17)26-31-13-14-32-26/h1-10,13-15,24H,11-12,16H2,(H,30,35)(H,31,32)(H,33,36). The maximum Gasteiger partial charge on any atom is 0.265 e. The summed E-state index contributed by atoms with van der Waals surface area (Å²) in [5, 5.41) is 5.75. The summed E-state index contributed by atoms with van der Waals surface area (Å²) >= 11 is 12.1. The van der Waals surface area contributed by atoms with Crippen LogP contribution in [0, 0.1) is 0 Å². The number of aromatic amines is 1. The summed E-state index contributed by atoms with van der Waals surface area (Å²) < 4.78 is 28.5. The van der Waals surface area contributed by atoms with Crippen molar-refractivity contribution in [1.29, 1.82) is 0 Å². The molecular formula is C27H23Cl2N5O4S. The van der Waals surface area contributed by atoms with Gasteiger partial charge in [0.15, 0.2) is 0 Å². The number of rotatable bonds is 8. The number of hydrogen-bond acceptors (Lipinski definition) is 5. The van der Waals surface area contributed by atoms with Crippen molar-refractivity contribution >= 4 is 56.4 Å². The van der Waals surface area contributed by atoms with Crippen LogP contribution in [0.5, 0.6) is 0 Å². The number of carbonyl (C=O) groups is 2. The van der Waals surface area contributed by atoms with Crippen LogP contribution in [0.25, 0.3) is 11.4 Å². The highest BCUT2D eigenvalue weighted by molar-refractivity contribution is 7.93. The zero-order valence-corrected chi connectivity index (χ0v) is 22.7. The molecule has 3 aromatic carbocycles. The van der Waals surface area contributed by atoms with Gasteiger partial charge in [-0.3, -0.25) is 13.9 Å². The van der Waals surface area contributed by atoms with Crippen molar-refractivity contribution in [2.24, 2.45) is 0 Å². The number of amides is 2. The lowest BCUT2D eigenvalue weighted by Crippen LogP contribution is -2.52. The summed E-state index contributed by atoms with van der Waals surface area (Å²) in [5.41, 5.74) is 2.51. The molecule has 4 aromatic rings. The number of sulfonamides is 1. The van der Waals surface area contributed by atoms with Gasteiger partial charge in [-0.25, -0.2) is 13.4 Å². The van der Waals surface area contributed by atoms with Crippen molar-refractivity contribution < 1.29 is 18.0 Å². The first-order valence-corrected chi connectivity index (χ1v) is 14.2. The third kappa shape index (κ3) is 5.63. The summed E-state index contributed by atoms with van der Waals surface area (Å²) in [5.74, 6) is -0.306. The quantitative estimate of drug-likeness (QED) is 0.278. The van der Waals surface area contributed by atoms with Gasteiger partial charge in [0.05, 0.1) is 32.7 Å².